The van der Waals surface area contributed by atoms with Gasteiger partial charge in [0.05, 0.1) is 7.11 Å². The summed E-state index contributed by atoms with van der Waals surface area (Å²) in [6.07, 6.45) is 0. The van der Waals surface area contributed by atoms with E-state index in [1.807, 2.05) is 20.8 Å². The average Bonchev–Trinajstić information content (AvgIpc) is 2.65. The molecule has 0 aliphatic heterocycles. The Hall–Kier alpha value is -3.09. The third-order valence-electron chi connectivity index (χ3n) is 3.96. The third kappa shape index (κ3) is 5.97. The molecule has 2 aromatic rings. The fourth-order valence-corrected chi connectivity index (χ4v) is 2.53. The molecule has 7 heteroatoms. The fourth-order valence-electron chi connectivity index (χ4n) is 2.53. The lowest BCUT2D eigenvalue weighted by Gasteiger charge is -2.35. The standard InChI is InChI=1S/C21H25FN2O4/c1-21(2,3)24(13-19(25)23-16-11-9-15(22)10-12-16)20(26)14-28-18-8-6-5-7-17(18)27-4/h5-12H,13-14H2,1-4H3,(H,23,25). The minimum Gasteiger partial charge on any atom is -0.493 e. The lowest BCUT2D eigenvalue weighted by atomic mass is 10.1. The van der Waals surface area contributed by atoms with E-state index in [1.165, 1.54) is 36.3 Å². The summed E-state index contributed by atoms with van der Waals surface area (Å²) < 4.78 is 23.8. The Morgan fingerprint density at radius 2 is 1.64 bits per heavy atom. The first-order chi connectivity index (χ1) is 13.2. The summed E-state index contributed by atoms with van der Waals surface area (Å²) in [5, 5.41) is 2.66. The van der Waals surface area contributed by atoms with E-state index in [2.05, 4.69) is 5.32 Å². The van der Waals surface area contributed by atoms with E-state index in [-0.39, 0.29) is 25.0 Å². The Morgan fingerprint density at radius 3 is 2.21 bits per heavy atom. The number of nitrogens with one attached hydrogen (secondary N) is 1. The van der Waals surface area contributed by atoms with E-state index in [1.54, 1.807) is 24.3 Å². The van der Waals surface area contributed by atoms with E-state index >= 15 is 0 Å². The monoisotopic (exact) mass is 388 g/mol. The Morgan fingerprint density at radius 1 is 1.04 bits per heavy atom. The molecule has 0 aromatic heterocycles. The molecule has 150 valence electrons. The number of hydrogen-bond donors (Lipinski definition) is 1. The zero-order chi connectivity index (χ0) is 20.7. The van der Waals surface area contributed by atoms with Crippen molar-refractivity contribution in [1.82, 2.24) is 4.90 Å². The maximum Gasteiger partial charge on any atom is 0.261 e. The van der Waals surface area contributed by atoms with Gasteiger partial charge in [0.1, 0.15) is 12.4 Å². The average molecular weight is 388 g/mol. The summed E-state index contributed by atoms with van der Waals surface area (Å²) in [6, 6.07) is 12.4. The van der Waals surface area contributed by atoms with Crippen LogP contribution >= 0.6 is 0 Å². The van der Waals surface area contributed by atoms with Crippen molar-refractivity contribution in [1.29, 1.82) is 0 Å². The van der Waals surface area contributed by atoms with Crippen LogP contribution < -0.4 is 14.8 Å². The van der Waals surface area contributed by atoms with Crippen molar-refractivity contribution < 1.29 is 23.5 Å². The largest absolute Gasteiger partial charge is 0.493 e. The van der Waals surface area contributed by atoms with Crippen LogP contribution in [0, 0.1) is 5.82 Å². The number of amides is 2. The molecule has 0 fully saturated rings. The molecule has 0 heterocycles. The normalized spacial score (nSPS) is 10.9. The van der Waals surface area contributed by atoms with Gasteiger partial charge in [-0.1, -0.05) is 12.1 Å². The van der Waals surface area contributed by atoms with Crippen LogP contribution in [0.15, 0.2) is 48.5 Å². The fraction of sp³-hybridized carbons (Fsp3) is 0.333. The third-order valence-corrected chi connectivity index (χ3v) is 3.96. The molecule has 0 spiro atoms. The highest BCUT2D eigenvalue weighted by Crippen LogP contribution is 2.26. The molecule has 0 bridgehead atoms. The first-order valence-corrected chi connectivity index (χ1v) is 8.82. The van der Waals surface area contributed by atoms with E-state index in [0.717, 1.165) is 0 Å². The smallest absolute Gasteiger partial charge is 0.261 e. The molecule has 2 aromatic carbocycles. The molecule has 0 saturated heterocycles. The summed E-state index contributed by atoms with van der Waals surface area (Å²) in [4.78, 5) is 26.5. The lowest BCUT2D eigenvalue weighted by Crippen LogP contribution is -2.51. The Balaban J connectivity index is 2.02. The van der Waals surface area contributed by atoms with Crippen molar-refractivity contribution in [2.45, 2.75) is 26.3 Å². The van der Waals surface area contributed by atoms with Gasteiger partial charge in [-0.15, -0.1) is 0 Å². The van der Waals surface area contributed by atoms with Crippen molar-refractivity contribution >= 4 is 17.5 Å². The minimum absolute atomic E-state index is 0.158. The van der Waals surface area contributed by atoms with E-state index in [9.17, 15) is 14.0 Å². The SMILES string of the molecule is COc1ccccc1OCC(=O)N(CC(=O)Nc1ccc(F)cc1)C(C)(C)C. The van der Waals surface area contributed by atoms with E-state index in [0.29, 0.717) is 17.2 Å². The van der Waals surface area contributed by atoms with Crippen LogP contribution in [0.2, 0.25) is 0 Å². The highest BCUT2D eigenvalue weighted by molar-refractivity contribution is 5.94. The number of rotatable bonds is 7. The molecule has 6 nitrogen and oxygen atoms in total. The Bertz CT molecular complexity index is 816. The van der Waals surface area contributed by atoms with Gasteiger partial charge in [-0.25, -0.2) is 4.39 Å². The predicted octanol–water partition coefficient (Wildman–Crippen LogP) is 3.48. The van der Waals surface area contributed by atoms with Crippen molar-refractivity contribution in [3.8, 4) is 11.5 Å². The maximum absolute atomic E-state index is 13.0. The van der Waals surface area contributed by atoms with Crippen LogP contribution in [-0.4, -0.2) is 42.5 Å². The molecular weight excluding hydrogens is 363 g/mol. The highest BCUT2D eigenvalue weighted by Gasteiger charge is 2.29. The van der Waals surface area contributed by atoms with Gasteiger partial charge < -0.3 is 19.7 Å². The number of hydrogen-bond acceptors (Lipinski definition) is 4. The molecule has 0 aliphatic rings. The second-order valence-corrected chi connectivity index (χ2v) is 7.15. The molecule has 2 rings (SSSR count). The Kier molecular flexibility index (Phi) is 6.98. The topological polar surface area (TPSA) is 67.9 Å². The molecule has 2 amide bonds. The van der Waals surface area contributed by atoms with Crippen LogP contribution in [-0.2, 0) is 9.59 Å². The van der Waals surface area contributed by atoms with Gasteiger partial charge in [0.25, 0.3) is 5.91 Å². The summed E-state index contributed by atoms with van der Waals surface area (Å²) in [5.74, 6) is -0.146. The molecule has 28 heavy (non-hydrogen) atoms. The van der Waals surface area contributed by atoms with Gasteiger partial charge in [-0.3, -0.25) is 9.59 Å². The number of ether oxygens (including phenoxy) is 2. The van der Waals surface area contributed by atoms with Crippen molar-refractivity contribution in [2.75, 3.05) is 25.6 Å². The number of carbonyl (C=O) groups is 2. The second kappa shape index (κ2) is 9.21. The van der Waals surface area contributed by atoms with Crippen molar-refractivity contribution in [3.63, 3.8) is 0 Å². The number of benzene rings is 2. The quantitative estimate of drug-likeness (QED) is 0.789. The molecule has 0 aliphatic carbocycles. The second-order valence-electron chi connectivity index (χ2n) is 7.15. The minimum atomic E-state index is -0.596. The van der Waals surface area contributed by atoms with E-state index < -0.39 is 11.4 Å². The van der Waals surface area contributed by atoms with Gasteiger partial charge in [-0.05, 0) is 57.2 Å². The molecule has 0 unspecified atom stereocenters. The van der Waals surface area contributed by atoms with Crippen LogP contribution in [0.3, 0.4) is 0 Å². The number of anilines is 1. The molecule has 0 saturated carbocycles. The van der Waals surface area contributed by atoms with E-state index in [4.69, 9.17) is 9.47 Å². The summed E-state index contributed by atoms with van der Waals surface area (Å²) >= 11 is 0. The van der Waals surface area contributed by atoms with Crippen LogP contribution in [0.5, 0.6) is 11.5 Å². The lowest BCUT2D eigenvalue weighted by molar-refractivity contribution is -0.141. The first kappa shape index (κ1) is 21.2. The zero-order valence-corrected chi connectivity index (χ0v) is 16.5. The zero-order valence-electron chi connectivity index (χ0n) is 16.5. The number of methoxy groups -OCH3 is 1. The summed E-state index contributed by atoms with van der Waals surface area (Å²) in [5.41, 5.74) is -0.139. The molecule has 1 N–H and O–H groups in total. The number of carbonyl (C=O) groups excluding carboxylic acids is 2. The highest BCUT2D eigenvalue weighted by atomic mass is 19.1. The van der Waals surface area contributed by atoms with Crippen molar-refractivity contribution in [3.05, 3.63) is 54.3 Å². The first-order valence-electron chi connectivity index (χ1n) is 8.82. The number of nitrogens with zero attached hydrogens (tertiary/aromatic N) is 1. The Labute approximate surface area is 164 Å². The maximum atomic E-state index is 13.0. The number of para-hydroxylation sites is 2. The summed E-state index contributed by atoms with van der Waals surface area (Å²) in [7, 11) is 1.52. The molecule has 0 atom stereocenters. The summed E-state index contributed by atoms with van der Waals surface area (Å²) in [6.45, 7) is 5.11. The van der Waals surface area contributed by atoms with Gasteiger partial charge in [0, 0.05) is 11.2 Å². The predicted molar refractivity (Wildman–Crippen MR) is 105 cm³/mol. The van der Waals surface area contributed by atoms with Gasteiger partial charge in [0.2, 0.25) is 5.91 Å². The van der Waals surface area contributed by atoms with Gasteiger partial charge in [-0.2, -0.15) is 0 Å². The van der Waals surface area contributed by atoms with Gasteiger partial charge >= 0.3 is 0 Å². The molecular formula is C21H25FN2O4. The van der Waals surface area contributed by atoms with Crippen LogP contribution in [0.4, 0.5) is 10.1 Å². The van der Waals surface area contributed by atoms with Crippen LogP contribution in [0.25, 0.3) is 0 Å². The van der Waals surface area contributed by atoms with Gasteiger partial charge in [0.15, 0.2) is 18.1 Å². The number of halogens is 1. The van der Waals surface area contributed by atoms with Crippen molar-refractivity contribution in [2.24, 2.45) is 0 Å². The molecule has 0 radical (unpaired) electrons. The van der Waals surface area contributed by atoms with Crippen LogP contribution in [0.1, 0.15) is 20.8 Å².